The van der Waals surface area contributed by atoms with Crippen LogP contribution >= 0.6 is 0 Å². The zero-order chi connectivity index (χ0) is 13.6. The molecule has 0 aromatic carbocycles. The minimum atomic E-state index is -4.26. The van der Waals surface area contributed by atoms with Gasteiger partial charge in [-0.3, -0.25) is 4.79 Å². The predicted octanol–water partition coefficient (Wildman–Crippen LogP) is 3.44. The number of allylic oxidation sites excluding steroid dienone is 1. The van der Waals surface area contributed by atoms with Crippen LogP contribution < -0.4 is 5.32 Å². The number of rotatable bonds is 4. The van der Waals surface area contributed by atoms with Crippen LogP contribution in [0, 0.1) is 11.8 Å². The Morgan fingerprint density at radius 1 is 1.33 bits per heavy atom. The van der Waals surface area contributed by atoms with Crippen LogP contribution in [-0.4, -0.2) is 18.6 Å². The number of nitrogens with one attached hydrogen (secondary N) is 1. The minimum absolute atomic E-state index is 0.0798. The van der Waals surface area contributed by atoms with Gasteiger partial charge in [-0.2, -0.15) is 13.2 Å². The number of carbonyl (C=O) groups is 1. The number of hydrogen-bond acceptors (Lipinski definition) is 1. The third-order valence-electron chi connectivity index (χ3n) is 3.37. The van der Waals surface area contributed by atoms with Crippen molar-refractivity contribution in [1.29, 1.82) is 0 Å². The second kappa shape index (κ2) is 6.81. The van der Waals surface area contributed by atoms with Gasteiger partial charge in [0, 0.05) is 12.5 Å². The lowest BCUT2D eigenvalue weighted by Crippen LogP contribution is -2.42. The summed E-state index contributed by atoms with van der Waals surface area (Å²) in [6, 6.07) is 0. The van der Waals surface area contributed by atoms with Gasteiger partial charge in [0.1, 0.15) is 0 Å². The molecular weight excluding hydrogens is 243 g/mol. The van der Waals surface area contributed by atoms with E-state index in [1.165, 1.54) is 0 Å². The molecule has 1 saturated carbocycles. The van der Waals surface area contributed by atoms with Crippen LogP contribution in [0.3, 0.4) is 0 Å². The van der Waals surface area contributed by atoms with E-state index in [2.05, 4.69) is 5.32 Å². The molecule has 1 amide bonds. The van der Waals surface area contributed by atoms with Gasteiger partial charge >= 0.3 is 6.18 Å². The molecule has 0 aromatic heterocycles. The second-order valence-corrected chi connectivity index (χ2v) is 4.69. The molecule has 1 N–H and O–H groups in total. The van der Waals surface area contributed by atoms with Crippen molar-refractivity contribution in [2.24, 2.45) is 11.8 Å². The Balaban J connectivity index is 2.52. The van der Waals surface area contributed by atoms with E-state index in [-0.39, 0.29) is 6.42 Å². The van der Waals surface area contributed by atoms with E-state index < -0.39 is 23.9 Å². The lowest BCUT2D eigenvalue weighted by atomic mass is 9.78. The molecule has 0 aromatic rings. The average molecular weight is 263 g/mol. The molecule has 1 fully saturated rings. The van der Waals surface area contributed by atoms with Gasteiger partial charge in [-0.1, -0.05) is 25.0 Å². The first-order chi connectivity index (χ1) is 8.46. The molecule has 5 heteroatoms. The Hall–Kier alpha value is -1.00. The van der Waals surface area contributed by atoms with Gasteiger partial charge in [0.05, 0.1) is 5.92 Å². The molecule has 18 heavy (non-hydrogen) atoms. The molecule has 0 aliphatic heterocycles. The molecule has 0 spiro atoms. The zero-order valence-corrected chi connectivity index (χ0v) is 10.6. The van der Waals surface area contributed by atoms with Crippen LogP contribution in [-0.2, 0) is 4.79 Å². The first-order valence-corrected chi connectivity index (χ1v) is 6.42. The SMILES string of the molecule is C/C=C/CCNC(=O)C1CCCCC1C(F)(F)F. The Bertz CT molecular complexity index is 299. The lowest BCUT2D eigenvalue weighted by Gasteiger charge is -2.31. The summed E-state index contributed by atoms with van der Waals surface area (Å²) in [5.41, 5.74) is 0. The van der Waals surface area contributed by atoms with Crippen molar-refractivity contribution >= 4 is 5.91 Å². The topological polar surface area (TPSA) is 29.1 Å². The van der Waals surface area contributed by atoms with E-state index in [1.807, 2.05) is 19.1 Å². The fourth-order valence-electron chi connectivity index (χ4n) is 2.41. The van der Waals surface area contributed by atoms with Crippen molar-refractivity contribution in [3.63, 3.8) is 0 Å². The van der Waals surface area contributed by atoms with E-state index in [1.54, 1.807) is 0 Å². The van der Waals surface area contributed by atoms with Gasteiger partial charge in [0.15, 0.2) is 0 Å². The maximum atomic E-state index is 12.8. The van der Waals surface area contributed by atoms with Crippen LogP contribution in [0.1, 0.15) is 39.0 Å². The van der Waals surface area contributed by atoms with Crippen LogP contribution in [0.4, 0.5) is 13.2 Å². The van der Waals surface area contributed by atoms with Gasteiger partial charge in [-0.15, -0.1) is 0 Å². The first-order valence-electron chi connectivity index (χ1n) is 6.42. The lowest BCUT2D eigenvalue weighted by molar-refractivity contribution is -0.198. The average Bonchev–Trinajstić information content (AvgIpc) is 2.33. The number of halogens is 3. The standard InChI is InChI=1S/C13H20F3NO/c1-2-3-6-9-17-12(18)10-7-4-5-8-11(10)13(14,15)16/h2-3,10-11H,4-9H2,1H3,(H,17,18)/b3-2+. The highest BCUT2D eigenvalue weighted by atomic mass is 19.4. The normalized spacial score (nSPS) is 25.3. The van der Waals surface area contributed by atoms with E-state index in [4.69, 9.17) is 0 Å². The summed E-state index contributed by atoms with van der Waals surface area (Å²) >= 11 is 0. The number of alkyl halides is 3. The molecule has 0 saturated heterocycles. The Morgan fingerprint density at radius 2 is 2.00 bits per heavy atom. The van der Waals surface area contributed by atoms with E-state index in [0.717, 1.165) is 0 Å². The molecule has 2 atom stereocenters. The Morgan fingerprint density at radius 3 is 2.61 bits per heavy atom. The molecule has 0 bridgehead atoms. The van der Waals surface area contributed by atoms with Gasteiger partial charge < -0.3 is 5.32 Å². The third kappa shape index (κ3) is 4.35. The number of carbonyl (C=O) groups excluding carboxylic acids is 1. The fraction of sp³-hybridized carbons (Fsp3) is 0.769. The summed E-state index contributed by atoms with van der Waals surface area (Å²) in [5.74, 6) is -2.81. The Kier molecular flexibility index (Phi) is 5.69. The molecule has 1 aliphatic rings. The largest absolute Gasteiger partial charge is 0.392 e. The molecule has 1 rings (SSSR count). The van der Waals surface area contributed by atoms with Gasteiger partial charge in [-0.05, 0) is 26.2 Å². The predicted molar refractivity (Wildman–Crippen MR) is 63.9 cm³/mol. The molecule has 0 heterocycles. The van der Waals surface area contributed by atoms with Crippen LogP contribution in [0.25, 0.3) is 0 Å². The van der Waals surface area contributed by atoms with Crippen molar-refractivity contribution in [2.75, 3.05) is 6.54 Å². The summed E-state index contributed by atoms with van der Waals surface area (Å²) in [7, 11) is 0. The van der Waals surface area contributed by atoms with Crippen LogP contribution in [0.15, 0.2) is 12.2 Å². The Labute approximate surface area is 106 Å². The molecular formula is C13H20F3NO. The van der Waals surface area contributed by atoms with Gasteiger partial charge in [0.25, 0.3) is 0 Å². The highest BCUT2D eigenvalue weighted by molar-refractivity contribution is 5.79. The highest BCUT2D eigenvalue weighted by Gasteiger charge is 2.47. The fourth-order valence-corrected chi connectivity index (χ4v) is 2.41. The maximum Gasteiger partial charge on any atom is 0.392 e. The van der Waals surface area contributed by atoms with Crippen molar-refractivity contribution in [1.82, 2.24) is 5.32 Å². The van der Waals surface area contributed by atoms with Crippen molar-refractivity contribution < 1.29 is 18.0 Å². The van der Waals surface area contributed by atoms with Crippen molar-refractivity contribution in [2.45, 2.75) is 45.2 Å². The number of hydrogen-bond donors (Lipinski definition) is 1. The van der Waals surface area contributed by atoms with E-state index >= 15 is 0 Å². The molecule has 1 aliphatic carbocycles. The summed E-state index contributed by atoms with van der Waals surface area (Å²) in [4.78, 5) is 11.8. The molecule has 2 nitrogen and oxygen atoms in total. The quantitative estimate of drug-likeness (QED) is 0.611. The van der Waals surface area contributed by atoms with Gasteiger partial charge in [0.2, 0.25) is 5.91 Å². The molecule has 104 valence electrons. The molecule has 0 radical (unpaired) electrons. The summed E-state index contributed by atoms with van der Waals surface area (Å²) < 4.78 is 38.4. The summed E-state index contributed by atoms with van der Waals surface area (Å²) in [6.45, 7) is 2.27. The first kappa shape index (κ1) is 15.1. The van der Waals surface area contributed by atoms with Crippen molar-refractivity contribution in [3.8, 4) is 0 Å². The van der Waals surface area contributed by atoms with E-state index in [0.29, 0.717) is 32.2 Å². The zero-order valence-electron chi connectivity index (χ0n) is 10.6. The summed E-state index contributed by atoms with van der Waals surface area (Å²) in [6.07, 6.45) is 1.83. The van der Waals surface area contributed by atoms with Crippen molar-refractivity contribution in [3.05, 3.63) is 12.2 Å². The monoisotopic (exact) mass is 263 g/mol. The smallest absolute Gasteiger partial charge is 0.356 e. The van der Waals surface area contributed by atoms with Crippen LogP contribution in [0.2, 0.25) is 0 Å². The van der Waals surface area contributed by atoms with Gasteiger partial charge in [-0.25, -0.2) is 0 Å². The highest BCUT2D eigenvalue weighted by Crippen LogP contribution is 2.41. The number of amides is 1. The second-order valence-electron chi connectivity index (χ2n) is 4.69. The maximum absolute atomic E-state index is 12.8. The van der Waals surface area contributed by atoms with E-state index in [9.17, 15) is 18.0 Å². The molecule has 2 unspecified atom stereocenters. The third-order valence-corrected chi connectivity index (χ3v) is 3.37. The van der Waals surface area contributed by atoms with Crippen LogP contribution in [0.5, 0.6) is 0 Å². The summed E-state index contributed by atoms with van der Waals surface area (Å²) in [5, 5.41) is 2.60. The minimum Gasteiger partial charge on any atom is -0.356 e.